The van der Waals surface area contributed by atoms with E-state index in [4.69, 9.17) is 5.73 Å². The summed E-state index contributed by atoms with van der Waals surface area (Å²) < 4.78 is 1.75. The van der Waals surface area contributed by atoms with Crippen molar-refractivity contribution in [2.45, 2.75) is 39.7 Å². The standard InChI is InChI=1S/C15H25N5O2/c1-9-13(10(2)19(4)18-9)17-15(22)11(3)20-7-5-6-12(8-20)14(16)21/h11-12H,5-8H2,1-4H3,(H2,16,21)(H,17,22)/t11-,12-/m0/s1. The summed E-state index contributed by atoms with van der Waals surface area (Å²) in [6, 6.07) is -0.304. The minimum atomic E-state index is -0.304. The molecule has 122 valence electrons. The SMILES string of the molecule is Cc1nn(C)c(C)c1NC(=O)[C@H](C)N1CCC[C@H](C(N)=O)C1. The van der Waals surface area contributed by atoms with E-state index < -0.39 is 0 Å². The van der Waals surface area contributed by atoms with Crippen LogP contribution >= 0.6 is 0 Å². The van der Waals surface area contributed by atoms with Crippen molar-refractivity contribution in [1.82, 2.24) is 14.7 Å². The van der Waals surface area contributed by atoms with Crippen molar-refractivity contribution in [2.24, 2.45) is 18.7 Å². The number of aryl methyl sites for hydroxylation is 2. The Bertz CT molecular complexity index is 581. The number of anilines is 1. The third kappa shape index (κ3) is 3.30. The molecular weight excluding hydrogens is 282 g/mol. The summed E-state index contributed by atoms with van der Waals surface area (Å²) in [6.45, 7) is 7.01. The van der Waals surface area contributed by atoms with Gasteiger partial charge in [-0.2, -0.15) is 5.10 Å². The van der Waals surface area contributed by atoms with Crippen molar-refractivity contribution in [3.63, 3.8) is 0 Å². The maximum Gasteiger partial charge on any atom is 0.241 e. The van der Waals surface area contributed by atoms with Crippen molar-refractivity contribution >= 4 is 17.5 Å². The molecule has 7 heteroatoms. The van der Waals surface area contributed by atoms with Crippen molar-refractivity contribution in [3.8, 4) is 0 Å². The topological polar surface area (TPSA) is 93.2 Å². The number of amides is 2. The summed E-state index contributed by atoms with van der Waals surface area (Å²) in [7, 11) is 1.85. The van der Waals surface area contributed by atoms with E-state index in [0.717, 1.165) is 36.5 Å². The molecule has 1 aliphatic heterocycles. The third-order valence-corrected chi connectivity index (χ3v) is 4.54. The molecule has 0 bridgehead atoms. The van der Waals surface area contributed by atoms with Crippen molar-refractivity contribution in [2.75, 3.05) is 18.4 Å². The van der Waals surface area contributed by atoms with E-state index in [2.05, 4.69) is 10.4 Å². The van der Waals surface area contributed by atoms with Crippen LogP contribution in [0.25, 0.3) is 0 Å². The zero-order valence-corrected chi connectivity index (χ0v) is 13.7. The Morgan fingerprint density at radius 3 is 2.64 bits per heavy atom. The Morgan fingerprint density at radius 1 is 1.41 bits per heavy atom. The first kappa shape index (κ1) is 16.5. The average Bonchev–Trinajstić information content (AvgIpc) is 2.73. The third-order valence-electron chi connectivity index (χ3n) is 4.54. The highest BCUT2D eigenvalue weighted by atomic mass is 16.2. The van der Waals surface area contributed by atoms with Gasteiger partial charge in [0.2, 0.25) is 11.8 Å². The highest BCUT2D eigenvalue weighted by Gasteiger charge is 2.30. The van der Waals surface area contributed by atoms with Gasteiger partial charge in [-0.3, -0.25) is 19.2 Å². The Morgan fingerprint density at radius 2 is 2.09 bits per heavy atom. The predicted molar refractivity (Wildman–Crippen MR) is 84.3 cm³/mol. The van der Waals surface area contributed by atoms with E-state index in [-0.39, 0.29) is 23.8 Å². The number of primary amides is 1. The number of hydrogen-bond acceptors (Lipinski definition) is 4. The molecule has 2 heterocycles. The Labute approximate surface area is 130 Å². The number of likely N-dealkylation sites (tertiary alicyclic amines) is 1. The molecule has 0 spiro atoms. The fraction of sp³-hybridized carbons (Fsp3) is 0.667. The van der Waals surface area contributed by atoms with Gasteiger partial charge in [0, 0.05) is 13.6 Å². The Balaban J connectivity index is 2.04. The molecule has 1 saturated heterocycles. The number of rotatable bonds is 4. The van der Waals surface area contributed by atoms with E-state index in [0.29, 0.717) is 6.54 Å². The maximum absolute atomic E-state index is 12.5. The molecule has 2 rings (SSSR count). The monoisotopic (exact) mass is 307 g/mol. The van der Waals surface area contributed by atoms with Gasteiger partial charge in [-0.15, -0.1) is 0 Å². The molecule has 2 amide bonds. The lowest BCUT2D eigenvalue weighted by Gasteiger charge is -2.34. The molecule has 0 radical (unpaired) electrons. The van der Waals surface area contributed by atoms with Crippen molar-refractivity contribution < 1.29 is 9.59 Å². The highest BCUT2D eigenvalue weighted by Crippen LogP contribution is 2.21. The minimum Gasteiger partial charge on any atom is -0.369 e. The normalized spacial score (nSPS) is 20.6. The second-order valence-corrected chi connectivity index (χ2v) is 6.07. The molecule has 1 fully saturated rings. The molecule has 3 N–H and O–H groups in total. The van der Waals surface area contributed by atoms with Crippen LogP contribution < -0.4 is 11.1 Å². The van der Waals surface area contributed by atoms with Crippen molar-refractivity contribution in [3.05, 3.63) is 11.4 Å². The zero-order valence-electron chi connectivity index (χ0n) is 13.7. The van der Waals surface area contributed by atoms with Crippen LogP contribution in [0.5, 0.6) is 0 Å². The number of aromatic nitrogens is 2. The summed E-state index contributed by atoms with van der Waals surface area (Å²) in [6.07, 6.45) is 1.69. The number of carbonyl (C=O) groups is 2. The van der Waals surface area contributed by atoms with Gasteiger partial charge in [0.1, 0.15) is 0 Å². The summed E-state index contributed by atoms with van der Waals surface area (Å²) in [5, 5.41) is 7.26. The lowest BCUT2D eigenvalue weighted by molar-refractivity contribution is -0.127. The number of carbonyl (C=O) groups excluding carboxylic acids is 2. The van der Waals surface area contributed by atoms with Crippen LogP contribution in [0, 0.1) is 19.8 Å². The second kappa shape index (κ2) is 6.48. The quantitative estimate of drug-likeness (QED) is 0.850. The first-order valence-electron chi connectivity index (χ1n) is 7.65. The molecule has 1 aliphatic rings. The summed E-state index contributed by atoms with van der Waals surface area (Å²) in [5.74, 6) is -0.522. The highest BCUT2D eigenvalue weighted by molar-refractivity contribution is 5.95. The molecule has 1 aromatic heterocycles. The molecule has 22 heavy (non-hydrogen) atoms. The zero-order chi connectivity index (χ0) is 16.4. The van der Waals surface area contributed by atoms with Crippen LogP contribution in [0.2, 0.25) is 0 Å². The lowest BCUT2D eigenvalue weighted by Crippen LogP contribution is -2.49. The smallest absolute Gasteiger partial charge is 0.241 e. The Kier molecular flexibility index (Phi) is 4.85. The maximum atomic E-state index is 12.5. The van der Waals surface area contributed by atoms with Crippen LogP contribution in [0.15, 0.2) is 0 Å². The van der Waals surface area contributed by atoms with E-state index >= 15 is 0 Å². The molecular formula is C15H25N5O2. The summed E-state index contributed by atoms with van der Waals surface area (Å²) >= 11 is 0. The number of hydrogen-bond donors (Lipinski definition) is 2. The van der Waals surface area contributed by atoms with Gasteiger partial charge in [-0.25, -0.2) is 0 Å². The number of nitrogens with one attached hydrogen (secondary N) is 1. The van der Waals surface area contributed by atoms with Crippen molar-refractivity contribution in [1.29, 1.82) is 0 Å². The summed E-state index contributed by atoms with van der Waals surface area (Å²) in [4.78, 5) is 25.9. The van der Waals surface area contributed by atoms with E-state index in [1.165, 1.54) is 0 Å². The fourth-order valence-corrected chi connectivity index (χ4v) is 2.94. The average molecular weight is 307 g/mol. The van der Waals surface area contributed by atoms with Crippen LogP contribution in [0.3, 0.4) is 0 Å². The van der Waals surface area contributed by atoms with Gasteiger partial charge < -0.3 is 11.1 Å². The minimum absolute atomic E-state index is 0.0793. The van der Waals surface area contributed by atoms with Gasteiger partial charge >= 0.3 is 0 Å². The molecule has 0 unspecified atom stereocenters. The van der Waals surface area contributed by atoms with Gasteiger partial charge in [0.15, 0.2) is 0 Å². The van der Waals surface area contributed by atoms with E-state index in [9.17, 15) is 9.59 Å². The summed E-state index contributed by atoms with van der Waals surface area (Å²) in [5.41, 5.74) is 7.88. The Hall–Kier alpha value is -1.89. The van der Waals surface area contributed by atoms with Crippen LogP contribution in [-0.2, 0) is 16.6 Å². The molecule has 7 nitrogen and oxygen atoms in total. The predicted octanol–water partition coefficient (Wildman–Crippen LogP) is 0.561. The molecule has 2 atom stereocenters. The number of piperidine rings is 1. The first-order valence-corrected chi connectivity index (χ1v) is 7.65. The first-order chi connectivity index (χ1) is 10.3. The van der Waals surface area contributed by atoms with Crippen LogP contribution in [0.1, 0.15) is 31.2 Å². The van der Waals surface area contributed by atoms with Gasteiger partial charge in [0.25, 0.3) is 0 Å². The number of nitrogens with two attached hydrogens (primary N) is 1. The number of nitrogens with zero attached hydrogens (tertiary/aromatic N) is 3. The van der Waals surface area contributed by atoms with E-state index in [1.54, 1.807) is 4.68 Å². The molecule has 0 saturated carbocycles. The van der Waals surface area contributed by atoms with Gasteiger partial charge in [-0.05, 0) is 40.2 Å². The fourth-order valence-electron chi connectivity index (χ4n) is 2.94. The molecule has 0 aromatic carbocycles. The second-order valence-electron chi connectivity index (χ2n) is 6.07. The van der Waals surface area contributed by atoms with E-state index in [1.807, 2.05) is 32.7 Å². The van der Waals surface area contributed by atoms with Gasteiger partial charge in [-0.1, -0.05) is 0 Å². The van der Waals surface area contributed by atoms with Gasteiger partial charge in [0.05, 0.1) is 29.0 Å². The van der Waals surface area contributed by atoms with Crippen LogP contribution in [0.4, 0.5) is 5.69 Å². The molecule has 1 aromatic rings. The largest absolute Gasteiger partial charge is 0.369 e. The molecule has 0 aliphatic carbocycles. The lowest BCUT2D eigenvalue weighted by atomic mass is 9.96. The van der Waals surface area contributed by atoms with Crippen LogP contribution in [-0.4, -0.2) is 45.6 Å².